The van der Waals surface area contributed by atoms with Crippen molar-refractivity contribution in [3.8, 4) is 0 Å². The van der Waals surface area contributed by atoms with E-state index in [1.165, 1.54) is 72.9 Å². The monoisotopic (exact) mass is 1300 g/mol. The van der Waals surface area contributed by atoms with Gasteiger partial charge in [-0.25, -0.2) is 0 Å². The zero-order valence-electron chi connectivity index (χ0n) is 55.2. The van der Waals surface area contributed by atoms with Gasteiger partial charge in [-0.2, -0.15) is 13.2 Å². The summed E-state index contributed by atoms with van der Waals surface area (Å²) in [6.07, 6.45) is 4.58. The first kappa shape index (κ1) is 73.5. The summed E-state index contributed by atoms with van der Waals surface area (Å²) in [5.41, 5.74) is -2.24. The molecule has 1 aromatic carbocycles. The summed E-state index contributed by atoms with van der Waals surface area (Å²) in [7, 11) is 8.62. The summed E-state index contributed by atoms with van der Waals surface area (Å²) in [4.78, 5) is 168. The molecule has 4 N–H and O–H groups in total. The number of carbonyl (C=O) groups excluding carboxylic acids is 11. The number of carbonyl (C=O) groups is 11. The van der Waals surface area contributed by atoms with Crippen LogP contribution in [-0.2, 0) is 65.3 Å². The second-order valence-electron chi connectivity index (χ2n) is 27.3. The molecule has 0 aromatic heterocycles. The first-order chi connectivity index (χ1) is 42.7. The van der Waals surface area contributed by atoms with Gasteiger partial charge in [0.05, 0.1) is 30.2 Å². The summed E-state index contributed by atoms with van der Waals surface area (Å²) < 4.78 is 41.3. The molecule has 0 bridgehead atoms. The number of benzene rings is 1. The van der Waals surface area contributed by atoms with E-state index in [9.17, 15) is 61.1 Å². The molecule has 1 unspecified atom stereocenters. The zero-order chi connectivity index (χ0) is 67.4. The van der Waals surface area contributed by atoms with Crippen LogP contribution in [0.25, 0.3) is 0 Å². The molecule has 91 heavy (non-hydrogen) atoms. The van der Waals surface area contributed by atoms with Crippen LogP contribution in [-0.4, -0.2) is 216 Å². The molecule has 11 amide bonds. The van der Waals surface area contributed by atoms with Gasteiger partial charge in [-0.05, 0) is 106 Å². The topological polar surface area (TPSA) is 259 Å². The molecule has 1 aromatic rings. The Labute approximate surface area is 539 Å². The SMILES string of the molecule is CC(C)C[C@H]1C(=O)N[C@@H](CC2CCC2)C(=O)N(C)CC(=O)N(C)CC(=O)N(C)[C@@H](CC2CCCCC2)C(=O)N(C)CC(=O)N[C@@H](CCc2ccc(C(F)(F)F)c(Cl)c2)C(=O)N2CCCC2C(=O)NC2(CCCC2)C(=O)N(C)[C@@H](C(C)C)C(=O)N[C@H](C)CC(=O)N1C. The molecule has 7 atom stereocenters. The van der Waals surface area contributed by atoms with Crippen molar-refractivity contribution in [3.63, 3.8) is 0 Å². The Bertz CT molecular complexity index is 2810. The lowest BCUT2D eigenvalue weighted by molar-refractivity contribution is -0.149. The Hall–Kier alpha value is -6.53. The van der Waals surface area contributed by atoms with Gasteiger partial charge in [0.25, 0.3) is 0 Å². The van der Waals surface area contributed by atoms with E-state index in [4.69, 9.17) is 11.6 Å². The van der Waals surface area contributed by atoms with Crippen molar-refractivity contribution in [2.24, 2.45) is 23.7 Å². The lowest BCUT2D eigenvalue weighted by Crippen LogP contribution is -2.64. The molecular formula is C65H99ClF3N11O11. The van der Waals surface area contributed by atoms with Gasteiger partial charge in [0.15, 0.2) is 0 Å². The number of rotatable bonds is 10. The van der Waals surface area contributed by atoms with Crippen LogP contribution in [0.4, 0.5) is 13.2 Å². The molecule has 1 spiro atoms. The van der Waals surface area contributed by atoms with Crippen molar-refractivity contribution < 1.29 is 65.9 Å². The number of nitrogens with zero attached hydrogens (tertiary/aromatic N) is 7. The highest BCUT2D eigenvalue weighted by Crippen LogP contribution is 2.37. The highest BCUT2D eigenvalue weighted by atomic mass is 35.5. The van der Waals surface area contributed by atoms with Crippen molar-refractivity contribution in [1.82, 2.24) is 55.6 Å². The van der Waals surface area contributed by atoms with Crippen molar-refractivity contribution in [2.75, 3.05) is 68.5 Å². The number of hydrogen-bond acceptors (Lipinski definition) is 11. The van der Waals surface area contributed by atoms with E-state index in [0.29, 0.717) is 24.8 Å². The first-order valence-corrected chi connectivity index (χ1v) is 33.0. The molecule has 3 aliphatic carbocycles. The number of alkyl halides is 3. The minimum absolute atomic E-state index is 0.0380. The quantitative estimate of drug-likeness (QED) is 0.234. The van der Waals surface area contributed by atoms with Gasteiger partial charge in [0.1, 0.15) is 41.8 Å². The average molecular weight is 1300 g/mol. The van der Waals surface area contributed by atoms with E-state index < -0.39 is 155 Å². The van der Waals surface area contributed by atoms with E-state index in [-0.39, 0.29) is 82.1 Å². The Balaban J connectivity index is 1.35. The smallest absolute Gasteiger partial charge is 0.351 e. The third-order valence-corrected chi connectivity index (χ3v) is 19.6. The van der Waals surface area contributed by atoms with Gasteiger partial charge < -0.3 is 55.6 Å². The molecule has 2 saturated heterocycles. The van der Waals surface area contributed by atoms with Crippen molar-refractivity contribution in [2.45, 2.75) is 217 Å². The number of halogens is 4. The summed E-state index contributed by atoms with van der Waals surface area (Å²) >= 11 is 6.11. The molecular weight excluding hydrogens is 1200 g/mol. The lowest BCUT2D eigenvalue weighted by Gasteiger charge is -2.39. The van der Waals surface area contributed by atoms with E-state index in [1.807, 2.05) is 13.8 Å². The second kappa shape index (κ2) is 32.4. The van der Waals surface area contributed by atoms with Gasteiger partial charge in [-0.3, -0.25) is 52.7 Å². The Morgan fingerprint density at radius 3 is 1.80 bits per heavy atom. The van der Waals surface area contributed by atoms with E-state index in [1.54, 1.807) is 20.8 Å². The second-order valence-corrected chi connectivity index (χ2v) is 27.7. The molecule has 3 saturated carbocycles. The summed E-state index contributed by atoms with van der Waals surface area (Å²) in [5.74, 6) is -7.08. The van der Waals surface area contributed by atoms with Crippen LogP contribution in [0, 0.1) is 23.7 Å². The molecule has 5 aliphatic rings. The van der Waals surface area contributed by atoms with E-state index in [0.717, 1.165) is 73.3 Å². The molecule has 2 aliphatic heterocycles. The number of amides is 11. The van der Waals surface area contributed by atoms with Crippen LogP contribution in [0.15, 0.2) is 18.2 Å². The van der Waals surface area contributed by atoms with Crippen LogP contribution >= 0.6 is 11.6 Å². The lowest BCUT2D eigenvalue weighted by atomic mass is 9.80. The van der Waals surface area contributed by atoms with Crippen molar-refractivity contribution >= 4 is 76.6 Å². The number of likely N-dealkylation sites (N-methyl/N-ethyl adjacent to an activating group) is 6. The predicted octanol–water partition coefficient (Wildman–Crippen LogP) is 5.31. The largest absolute Gasteiger partial charge is 0.417 e. The van der Waals surface area contributed by atoms with E-state index in [2.05, 4.69) is 21.3 Å². The minimum Gasteiger partial charge on any atom is -0.351 e. The van der Waals surface area contributed by atoms with Gasteiger partial charge in [-0.15, -0.1) is 0 Å². The third-order valence-electron chi connectivity index (χ3n) is 19.3. The van der Waals surface area contributed by atoms with Crippen LogP contribution in [0.5, 0.6) is 0 Å². The maximum absolute atomic E-state index is 15.0. The predicted molar refractivity (Wildman–Crippen MR) is 335 cm³/mol. The zero-order valence-corrected chi connectivity index (χ0v) is 55.9. The summed E-state index contributed by atoms with van der Waals surface area (Å²) in [6, 6.07) is -4.47. The number of hydrogen-bond donors (Lipinski definition) is 4. The first-order valence-electron chi connectivity index (χ1n) is 32.6. The molecule has 2 heterocycles. The standard InChI is InChI=1S/C65H99ClF3N11O11/c1-39(2)31-50-57(85)72-48(34-42-21-17-22-42)60(88)76(8)37-54(83)74(6)38-55(84)78(10)51(35-43-19-13-12-14-20-43)62(90)75(7)36-52(81)71-47(27-25-44-24-26-45(46(66)33-44)65(67,68)69)61(89)80-30-18-23-49(80)58(86)73-64(28-15-16-29-64)63(91)79(11)56(40(3)4)59(87)70-41(5)32-53(82)77(50)9/h24,26,33,39-43,47-51,56H,12-23,25,27-32,34-38H2,1-11H3,(H,70,87)(H,71,81)(H,72,85)(H,73,86)/t41-,47+,48+,49?,50+,51+,56+/m1/s1. The molecule has 22 nitrogen and oxygen atoms in total. The van der Waals surface area contributed by atoms with Crippen LogP contribution in [0.3, 0.4) is 0 Å². The molecule has 5 fully saturated rings. The van der Waals surface area contributed by atoms with Gasteiger partial charge in [-0.1, -0.05) is 110 Å². The molecule has 6 rings (SSSR count). The molecule has 508 valence electrons. The van der Waals surface area contributed by atoms with Crippen molar-refractivity contribution in [1.29, 1.82) is 0 Å². The number of fused-ring (bicyclic) bond motifs is 1. The Morgan fingerprint density at radius 2 is 1.21 bits per heavy atom. The Morgan fingerprint density at radius 1 is 0.604 bits per heavy atom. The maximum atomic E-state index is 15.0. The van der Waals surface area contributed by atoms with Gasteiger partial charge in [0, 0.05) is 61.3 Å². The normalized spacial score (nSPS) is 26.8. The fourth-order valence-electron chi connectivity index (χ4n) is 13.7. The highest BCUT2D eigenvalue weighted by Gasteiger charge is 2.50. The highest BCUT2D eigenvalue weighted by molar-refractivity contribution is 6.31. The Kier molecular flexibility index (Phi) is 26.1. The third kappa shape index (κ3) is 19.3. The van der Waals surface area contributed by atoms with Crippen molar-refractivity contribution in [3.05, 3.63) is 34.3 Å². The number of aryl methyl sites for hydroxylation is 1. The molecule has 0 radical (unpaired) electrons. The fourth-order valence-corrected chi connectivity index (χ4v) is 14.0. The molecule has 26 heteroatoms. The average Bonchev–Trinajstić information content (AvgIpc) is 1.77. The summed E-state index contributed by atoms with van der Waals surface area (Å²) in [6.45, 7) is 7.43. The van der Waals surface area contributed by atoms with Gasteiger partial charge in [0.2, 0.25) is 65.0 Å². The van der Waals surface area contributed by atoms with Crippen LogP contribution in [0.1, 0.15) is 168 Å². The number of nitrogens with one attached hydrogen (secondary N) is 4. The maximum Gasteiger partial charge on any atom is 0.417 e. The van der Waals surface area contributed by atoms with E-state index >= 15 is 4.79 Å². The van der Waals surface area contributed by atoms with Crippen LogP contribution < -0.4 is 21.3 Å². The summed E-state index contributed by atoms with van der Waals surface area (Å²) in [5, 5.41) is 11.0. The minimum atomic E-state index is -4.74. The fraction of sp³-hybridized carbons (Fsp3) is 0.738. The van der Waals surface area contributed by atoms with Crippen LogP contribution in [0.2, 0.25) is 5.02 Å². The van der Waals surface area contributed by atoms with Gasteiger partial charge >= 0.3 is 6.18 Å².